The van der Waals surface area contributed by atoms with Gasteiger partial charge >= 0.3 is 5.97 Å². The van der Waals surface area contributed by atoms with E-state index in [4.69, 9.17) is 4.74 Å². The quantitative estimate of drug-likeness (QED) is 0.320. The van der Waals surface area contributed by atoms with E-state index in [2.05, 4.69) is 10.3 Å². The van der Waals surface area contributed by atoms with E-state index < -0.39 is 11.6 Å². The normalized spacial score (nSPS) is 20.2. The highest BCUT2D eigenvalue weighted by Crippen LogP contribution is 2.24. The standard InChI is InChI=1S/C17H23F2N3O2.HI/c1-11-9-22(10-14(11)16(23)24-3)17(20-2)21-7-6-12-8-13(18)4-5-15(12)19;/h4-5,8,11,14H,6-7,9-10H2,1-3H3,(H,20,21);1H. The van der Waals surface area contributed by atoms with Crippen molar-refractivity contribution in [1.29, 1.82) is 0 Å². The van der Waals surface area contributed by atoms with Crippen molar-refractivity contribution in [1.82, 2.24) is 10.2 Å². The Hall–Kier alpha value is -1.45. The molecule has 2 atom stereocenters. The van der Waals surface area contributed by atoms with E-state index in [0.717, 1.165) is 12.1 Å². The van der Waals surface area contributed by atoms with Crippen LogP contribution in [0.2, 0.25) is 0 Å². The van der Waals surface area contributed by atoms with Crippen LogP contribution in [0.3, 0.4) is 0 Å². The monoisotopic (exact) mass is 467 g/mol. The van der Waals surface area contributed by atoms with Crippen LogP contribution in [0.25, 0.3) is 0 Å². The zero-order chi connectivity index (χ0) is 17.7. The van der Waals surface area contributed by atoms with E-state index in [9.17, 15) is 13.6 Å². The second-order valence-electron chi connectivity index (χ2n) is 5.97. The van der Waals surface area contributed by atoms with Crippen LogP contribution in [0.1, 0.15) is 12.5 Å². The molecule has 0 aromatic heterocycles. The Morgan fingerprint density at radius 1 is 1.40 bits per heavy atom. The van der Waals surface area contributed by atoms with Crippen molar-refractivity contribution in [3.05, 3.63) is 35.4 Å². The molecule has 1 aromatic rings. The fourth-order valence-corrected chi connectivity index (χ4v) is 2.97. The van der Waals surface area contributed by atoms with Gasteiger partial charge in [0.15, 0.2) is 5.96 Å². The lowest BCUT2D eigenvalue weighted by molar-refractivity contribution is -0.145. The van der Waals surface area contributed by atoms with Gasteiger partial charge in [0.1, 0.15) is 11.6 Å². The van der Waals surface area contributed by atoms with Crippen molar-refractivity contribution in [2.45, 2.75) is 13.3 Å². The van der Waals surface area contributed by atoms with Gasteiger partial charge < -0.3 is 15.0 Å². The SMILES string of the molecule is CN=C(NCCc1cc(F)ccc1F)N1CC(C)C(C(=O)OC)C1.I. The molecule has 1 N–H and O–H groups in total. The number of nitrogens with one attached hydrogen (secondary N) is 1. The summed E-state index contributed by atoms with van der Waals surface area (Å²) in [6.45, 7) is 3.63. The van der Waals surface area contributed by atoms with Crippen LogP contribution in [-0.2, 0) is 16.0 Å². The maximum atomic E-state index is 13.6. The second kappa shape index (κ2) is 9.88. The van der Waals surface area contributed by atoms with Crippen molar-refractivity contribution in [3.63, 3.8) is 0 Å². The van der Waals surface area contributed by atoms with Crippen molar-refractivity contribution >= 4 is 35.9 Å². The van der Waals surface area contributed by atoms with Gasteiger partial charge in [-0.25, -0.2) is 8.78 Å². The summed E-state index contributed by atoms with van der Waals surface area (Å²) in [5.41, 5.74) is 0.320. The molecule has 2 rings (SSSR count). The largest absolute Gasteiger partial charge is 0.469 e. The Morgan fingerprint density at radius 2 is 2.12 bits per heavy atom. The van der Waals surface area contributed by atoms with E-state index in [-0.39, 0.29) is 41.8 Å². The molecule has 1 heterocycles. The van der Waals surface area contributed by atoms with E-state index in [0.29, 0.717) is 37.6 Å². The fourth-order valence-electron chi connectivity index (χ4n) is 2.97. The van der Waals surface area contributed by atoms with Gasteiger partial charge in [0, 0.05) is 26.7 Å². The summed E-state index contributed by atoms with van der Waals surface area (Å²) < 4.78 is 31.6. The first-order valence-electron chi connectivity index (χ1n) is 7.93. The molecule has 0 radical (unpaired) electrons. The van der Waals surface area contributed by atoms with Crippen LogP contribution in [-0.4, -0.2) is 50.6 Å². The van der Waals surface area contributed by atoms with Crippen LogP contribution in [0.4, 0.5) is 8.78 Å². The summed E-state index contributed by atoms with van der Waals surface area (Å²) in [5.74, 6) is -0.475. The number of carbonyl (C=O) groups is 1. The molecular weight excluding hydrogens is 443 g/mol. The smallest absolute Gasteiger partial charge is 0.310 e. The molecule has 1 fully saturated rings. The predicted octanol–water partition coefficient (Wildman–Crippen LogP) is 2.44. The number of hydrogen-bond donors (Lipinski definition) is 1. The Labute approximate surface area is 163 Å². The number of benzene rings is 1. The lowest BCUT2D eigenvalue weighted by Crippen LogP contribution is -2.41. The molecular formula is C17H24F2IN3O2. The molecule has 2 unspecified atom stereocenters. The summed E-state index contributed by atoms with van der Waals surface area (Å²) in [6, 6.07) is 3.43. The summed E-state index contributed by atoms with van der Waals surface area (Å²) >= 11 is 0. The zero-order valence-corrected chi connectivity index (χ0v) is 16.9. The average molecular weight is 467 g/mol. The number of hydrogen-bond acceptors (Lipinski definition) is 3. The minimum atomic E-state index is -0.454. The maximum absolute atomic E-state index is 13.6. The minimum absolute atomic E-state index is 0. The molecule has 0 amide bonds. The molecule has 0 bridgehead atoms. The van der Waals surface area contributed by atoms with Gasteiger partial charge in [-0.05, 0) is 36.1 Å². The molecule has 25 heavy (non-hydrogen) atoms. The summed E-state index contributed by atoms with van der Waals surface area (Å²) in [4.78, 5) is 18.0. The summed E-state index contributed by atoms with van der Waals surface area (Å²) in [6.07, 6.45) is 0.340. The summed E-state index contributed by atoms with van der Waals surface area (Å²) in [7, 11) is 3.04. The van der Waals surface area contributed by atoms with Crippen LogP contribution >= 0.6 is 24.0 Å². The number of aliphatic imine (C=N–C) groups is 1. The molecule has 0 aliphatic carbocycles. The maximum Gasteiger partial charge on any atom is 0.310 e. The predicted molar refractivity (Wildman–Crippen MR) is 103 cm³/mol. The Balaban J connectivity index is 0.00000312. The van der Waals surface area contributed by atoms with Gasteiger partial charge in [0.05, 0.1) is 13.0 Å². The minimum Gasteiger partial charge on any atom is -0.469 e. The van der Waals surface area contributed by atoms with E-state index in [1.807, 2.05) is 11.8 Å². The first-order chi connectivity index (χ1) is 11.5. The highest BCUT2D eigenvalue weighted by atomic mass is 127. The summed E-state index contributed by atoms with van der Waals surface area (Å²) in [5, 5.41) is 3.14. The first kappa shape index (κ1) is 21.6. The van der Waals surface area contributed by atoms with Crippen LogP contribution in [0.15, 0.2) is 23.2 Å². The number of nitrogens with zero attached hydrogens (tertiary/aromatic N) is 2. The third kappa shape index (κ3) is 5.52. The van der Waals surface area contributed by atoms with Gasteiger partial charge in [-0.3, -0.25) is 9.79 Å². The molecule has 1 aliphatic heterocycles. The third-order valence-corrected chi connectivity index (χ3v) is 4.31. The highest BCUT2D eigenvalue weighted by molar-refractivity contribution is 14.0. The van der Waals surface area contributed by atoms with Crippen LogP contribution < -0.4 is 5.32 Å². The highest BCUT2D eigenvalue weighted by Gasteiger charge is 2.36. The first-order valence-corrected chi connectivity index (χ1v) is 7.93. The van der Waals surface area contributed by atoms with Crippen molar-refractivity contribution in [2.75, 3.05) is 33.8 Å². The van der Waals surface area contributed by atoms with E-state index in [1.165, 1.54) is 13.2 Å². The number of halogens is 3. The van der Waals surface area contributed by atoms with Crippen molar-refractivity contribution in [3.8, 4) is 0 Å². The molecule has 1 saturated heterocycles. The van der Waals surface area contributed by atoms with Gasteiger partial charge in [-0.2, -0.15) is 0 Å². The number of likely N-dealkylation sites (tertiary alicyclic amines) is 1. The van der Waals surface area contributed by atoms with E-state index in [1.54, 1.807) is 7.05 Å². The van der Waals surface area contributed by atoms with Gasteiger partial charge in [0.2, 0.25) is 0 Å². The van der Waals surface area contributed by atoms with Gasteiger partial charge in [-0.1, -0.05) is 6.92 Å². The third-order valence-electron chi connectivity index (χ3n) is 4.31. The van der Waals surface area contributed by atoms with Crippen molar-refractivity contribution in [2.24, 2.45) is 16.8 Å². The molecule has 5 nitrogen and oxygen atoms in total. The number of ether oxygens (including phenoxy) is 1. The number of methoxy groups -OCH3 is 1. The Morgan fingerprint density at radius 3 is 2.76 bits per heavy atom. The number of guanidine groups is 1. The van der Waals surface area contributed by atoms with E-state index >= 15 is 0 Å². The van der Waals surface area contributed by atoms with Crippen LogP contribution in [0.5, 0.6) is 0 Å². The molecule has 0 spiro atoms. The second-order valence-corrected chi connectivity index (χ2v) is 5.97. The van der Waals surface area contributed by atoms with Crippen LogP contribution in [0, 0.1) is 23.5 Å². The molecule has 140 valence electrons. The van der Waals surface area contributed by atoms with Crippen molar-refractivity contribution < 1.29 is 18.3 Å². The topological polar surface area (TPSA) is 53.9 Å². The lowest BCUT2D eigenvalue weighted by atomic mass is 9.99. The number of rotatable bonds is 4. The Kier molecular flexibility index (Phi) is 8.54. The zero-order valence-electron chi connectivity index (χ0n) is 14.6. The van der Waals surface area contributed by atoms with Gasteiger partial charge in [0.25, 0.3) is 0 Å². The molecule has 0 saturated carbocycles. The average Bonchev–Trinajstić information content (AvgIpc) is 2.95. The number of carbonyl (C=O) groups excluding carboxylic acids is 1. The molecule has 8 heteroatoms. The van der Waals surface area contributed by atoms with Gasteiger partial charge in [-0.15, -0.1) is 24.0 Å². The fraction of sp³-hybridized carbons (Fsp3) is 0.529. The number of esters is 1. The molecule has 1 aliphatic rings. The Bertz CT molecular complexity index is 628. The lowest BCUT2D eigenvalue weighted by Gasteiger charge is -2.21. The molecule has 1 aromatic carbocycles.